The van der Waals surface area contributed by atoms with Gasteiger partial charge in [-0.3, -0.25) is 4.98 Å². The number of amides is 2. The van der Waals surface area contributed by atoms with Crippen molar-refractivity contribution < 1.29 is 13.2 Å². The molecule has 0 spiro atoms. The predicted molar refractivity (Wildman–Crippen MR) is 133 cm³/mol. The molecule has 1 saturated carbocycles. The lowest BCUT2D eigenvalue weighted by molar-refractivity contribution is 0.156. The van der Waals surface area contributed by atoms with Gasteiger partial charge in [-0.05, 0) is 83.3 Å². The van der Waals surface area contributed by atoms with E-state index < -0.39 is 10.0 Å². The molecule has 1 aromatic heterocycles. The fourth-order valence-electron chi connectivity index (χ4n) is 4.79. The topological polar surface area (TPSA) is 94.6 Å². The van der Waals surface area contributed by atoms with Gasteiger partial charge in [0.05, 0.1) is 4.90 Å². The number of aromatic nitrogens is 1. The van der Waals surface area contributed by atoms with Crippen molar-refractivity contribution in [3.8, 4) is 0 Å². The average molecular weight is 486 g/mol. The molecule has 2 amide bonds. The van der Waals surface area contributed by atoms with Gasteiger partial charge in [0, 0.05) is 42.2 Å². The standard InChI is InChI=1S/C25H35N5O3S/c1-18-6-4-5-7-24(18)34(32,33)30(22-8-9-22)23-10-13-29(14-11-23)15-12-26-25(31)28-21-16-19(2)27-20(3)17-21/h4-7,16-17,22-23H,8-15H2,1-3H3,(H2,26,27,28,31). The first-order valence-electron chi connectivity index (χ1n) is 12.1. The Morgan fingerprint density at radius 3 is 2.26 bits per heavy atom. The van der Waals surface area contributed by atoms with E-state index in [0.717, 1.165) is 68.0 Å². The summed E-state index contributed by atoms with van der Waals surface area (Å²) in [6.07, 6.45) is 3.51. The lowest BCUT2D eigenvalue weighted by atomic mass is 10.0. The van der Waals surface area contributed by atoms with Gasteiger partial charge < -0.3 is 15.5 Å². The van der Waals surface area contributed by atoms with Crippen LogP contribution >= 0.6 is 0 Å². The van der Waals surface area contributed by atoms with E-state index in [1.807, 2.05) is 45.0 Å². The van der Waals surface area contributed by atoms with Crippen molar-refractivity contribution in [3.63, 3.8) is 0 Å². The molecule has 184 valence electrons. The number of nitrogens with one attached hydrogen (secondary N) is 2. The third-order valence-electron chi connectivity index (χ3n) is 6.53. The fourth-order valence-corrected chi connectivity index (χ4v) is 6.95. The first kappa shape index (κ1) is 24.6. The maximum Gasteiger partial charge on any atom is 0.319 e. The van der Waals surface area contributed by atoms with Crippen molar-refractivity contribution in [3.05, 3.63) is 53.3 Å². The van der Waals surface area contributed by atoms with Crippen LogP contribution < -0.4 is 10.6 Å². The van der Waals surface area contributed by atoms with Gasteiger partial charge in [-0.25, -0.2) is 13.2 Å². The second-order valence-corrected chi connectivity index (χ2v) is 11.2. The third-order valence-corrected chi connectivity index (χ3v) is 8.69. The van der Waals surface area contributed by atoms with Crippen LogP contribution in [-0.4, -0.2) is 66.9 Å². The number of piperidine rings is 1. The molecule has 0 unspecified atom stereocenters. The summed E-state index contributed by atoms with van der Waals surface area (Å²) in [6.45, 7) is 8.58. The lowest BCUT2D eigenvalue weighted by Crippen LogP contribution is -2.49. The lowest BCUT2D eigenvalue weighted by Gasteiger charge is -2.38. The van der Waals surface area contributed by atoms with Gasteiger partial charge in [-0.2, -0.15) is 4.31 Å². The molecular weight excluding hydrogens is 450 g/mol. The van der Waals surface area contributed by atoms with Crippen LogP contribution in [0.4, 0.5) is 10.5 Å². The number of nitrogens with zero attached hydrogens (tertiary/aromatic N) is 3. The number of hydrogen-bond donors (Lipinski definition) is 2. The Labute approximate surface area is 202 Å². The van der Waals surface area contributed by atoms with E-state index in [1.165, 1.54) is 0 Å². The summed E-state index contributed by atoms with van der Waals surface area (Å²) < 4.78 is 28.8. The zero-order valence-electron chi connectivity index (χ0n) is 20.3. The molecule has 0 atom stereocenters. The van der Waals surface area contributed by atoms with Crippen LogP contribution in [0.25, 0.3) is 0 Å². The predicted octanol–water partition coefficient (Wildman–Crippen LogP) is 3.45. The minimum Gasteiger partial charge on any atom is -0.337 e. The summed E-state index contributed by atoms with van der Waals surface area (Å²) in [5.41, 5.74) is 3.26. The fraction of sp³-hybridized carbons (Fsp3) is 0.520. The number of hydrogen-bond acceptors (Lipinski definition) is 5. The summed E-state index contributed by atoms with van der Waals surface area (Å²) >= 11 is 0. The number of pyridine rings is 1. The van der Waals surface area contributed by atoms with E-state index in [0.29, 0.717) is 11.4 Å². The Morgan fingerprint density at radius 1 is 1.03 bits per heavy atom. The quantitative estimate of drug-likeness (QED) is 0.597. The highest BCUT2D eigenvalue weighted by Crippen LogP contribution is 2.37. The van der Waals surface area contributed by atoms with Gasteiger partial charge in [-0.15, -0.1) is 0 Å². The summed E-state index contributed by atoms with van der Waals surface area (Å²) in [5, 5.41) is 5.77. The number of urea groups is 1. The Hall–Kier alpha value is -2.49. The van der Waals surface area contributed by atoms with Gasteiger partial charge in [0.1, 0.15) is 0 Å². The van der Waals surface area contributed by atoms with Gasteiger partial charge >= 0.3 is 6.03 Å². The minimum atomic E-state index is -3.50. The van der Waals surface area contributed by atoms with Crippen molar-refractivity contribution in [2.45, 2.75) is 63.4 Å². The number of carbonyl (C=O) groups excluding carboxylic acids is 1. The number of sulfonamides is 1. The van der Waals surface area contributed by atoms with Crippen molar-refractivity contribution in [1.29, 1.82) is 0 Å². The van der Waals surface area contributed by atoms with E-state index in [2.05, 4.69) is 20.5 Å². The summed E-state index contributed by atoms with van der Waals surface area (Å²) in [5.74, 6) is 0. The van der Waals surface area contributed by atoms with Crippen LogP contribution in [-0.2, 0) is 10.0 Å². The van der Waals surface area contributed by atoms with Crippen LogP contribution in [0.2, 0.25) is 0 Å². The molecule has 2 N–H and O–H groups in total. The Kier molecular flexibility index (Phi) is 7.54. The molecule has 1 aliphatic heterocycles. The van der Waals surface area contributed by atoms with Crippen molar-refractivity contribution in [1.82, 2.24) is 19.5 Å². The van der Waals surface area contributed by atoms with Crippen molar-refractivity contribution in [2.24, 2.45) is 0 Å². The summed E-state index contributed by atoms with van der Waals surface area (Å²) in [6, 6.07) is 10.9. The molecule has 2 heterocycles. The molecular formula is C25H35N5O3S. The second kappa shape index (κ2) is 10.4. The Bertz CT molecular complexity index is 1100. The normalized spacial score (nSPS) is 17.6. The molecule has 2 aromatic rings. The SMILES string of the molecule is Cc1cc(NC(=O)NCCN2CCC(N(C3CC3)S(=O)(=O)c3ccccc3C)CC2)cc(C)n1. The summed E-state index contributed by atoms with van der Waals surface area (Å²) in [4.78, 5) is 19.3. The molecule has 0 bridgehead atoms. The van der Waals surface area contributed by atoms with E-state index in [-0.39, 0.29) is 18.1 Å². The van der Waals surface area contributed by atoms with Crippen molar-refractivity contribution >= 4 is 21.7 Å². The third kappa shape index (κ3) is 5.95. The van der Waals surface area contributed by atoms with Crippen LogP contribution in [0.5, 0.6) is 0 Å². The first-order chi connectivity index (χ1) is 16.2. The van der Waals surface area contributed by atoms with E-state index in [1.54, 1.807) is 16.4 Å². The number of anilines is 1. The summed E-state index contributed by atoms with van der Waals surface area (Å²) in [7, 11) is -3.50. The Balaban J connectivity index is 1.27. The highest BCUT2D eigenvalue weighted by Gasteiger charge is 2.43. The smallest absolute Gasteiger partial charge is 0.319 e. The minimum absolute atomic E-state index is 0.0304. The molecule has 4 rings (SSSR count). The van der Waals surface area contributed by atoms with Crippen LogP contribution in [0.15, 0.2) is 41.3 Å². The first-order valence-corrected chi connectivity index (χ1v) is 13.5. The number of likely N-dealkylation sites (tertiary alicyclic amines) is 1. The molecule has 9 heteroatoms. The van der Waals surface area contributed by atoms with Gasteiger partial charge in [0.15, 0.2) is 0 Å². The van der Waals surface area contributed by atoms with E-state index >= 15 is 0 Å². The Morgan fingerprint density at radius 2 is 1.65 bits per heavy atom. The van der Waals surface area contributed by atoms with E-state index in [9.17, 15) is 13.2 Å². The highest BCUT2D eigenvalue weighted by atomic mass is 32.2. The largest absolute Gasteiger partial charge is 0.337 e. The molecule has 2 aliphatic rings. The molecule has 34 heavy (non-hydrogen) atoms. The molecule has 1 aliphatic carbocycles. The van der Waals surface area contributed by atoms with E-state index in [4.69, 9.17) is 0 Å². The number of benzene rings is 1. The molecule has 2 fully saturated rings. The monoisotopic (exact) mass is 485 g/mol. The number of carbonyl (C=O) groups is 1. The maximum absolute atomic E-state index is 13.5. The number of rotatable bonds is 8. The molecule has 8 nitrogen and oxygen atoms in total. The average Bonchev–Trinajstić information content (AvgIpc) is 3.59. The molecule has 1 aromatic carbocycles. The van der Waals surface area contributed by atoms with Crippen molar-refractivity contribution in [2.75, 3.05) is 31.5 Å². The van der Waals surface area contributed by atoms with Gasteiger partial charge in [0.25, 0.3) is 0 Å². The zero-order valence-corrected chi connectivity index (χ0v) is 21.1. The second-order valence-electron chi connectivity index (χ2n) is 9.42. The van der Waals surface area contributed by atoms with Crippen LogP contribution in [0, 0.1) is 20.8 Å². The molecule has 0 radical (unpaired) electrons. The van der Waals surface area contributed by atoms with Gasteiger partial charge in [-0.1, -0.05) is 18.2 Å². The van der Waals surface area contributed by atoms with Gasteiger partial charge in [0.2, 0.25) is 10.0 Å². The highest BCUT2D eigenvalue weighted by molar-refractivity contribution is 7.89. The van der Waals surface area contributed by atoms with Crippen LogP contribution in [0.1, 0.15) is 42.6 Å². The molecule has 1 saturated heterocycles. The maximum atomic E-state index is 13.5. The number of aryl methyl sites for hydroxylation is 3. The van der Waals surface area contributed by atoms with Crippen LogP contribution in [0.3, 0.4) is 0 Å². The zero-order chi connectivity index (χ0) is 24.3.